The first-order valence-corrected chi connectivity index (χ1v) is 17.5. The molecule has 5 N–H and O–H groups in total. The topological polar surface area (TPSA) is 161 Å². The summed E-state index contributed by atoms with van der Waals surface area (Å²) in [7, 11) is 2.04. The summed E-state index contributed by atoms with van der Waals surface area (Å²) in [6, 6.07) is 23.7. The number of carboxylic acid groups (broad SMARTS) is 1. The van der Waals surface area contributed by atoms with Crippen LogP contribution < -0.4 is 20.7 Å². The number of carbonyl (C=O) groups is 4. The zero-order chi connectivity index (χ0) is 38.0. The van der Waals surface area contributed by atoms with Gasteiger partial charge in [0.25, 0.3) is 11.8 Å². The molecule has 1 saturated heterocycles. The van der Waals surface area contributed by atoms with Crippen LogP contribution in [0.4, 0.5) is 35.0 Å². The van der Waals surface area contributed by atoms with E-state index in [-0.39, 0.29) is 23.8 Å². The van der Waals surface area contributed by atoms with E-state index >= 15 is 0 Å². The highest BCUT2D eigenvalue weighted by atomic mass is 79.9. The molecule has 0 bridgehead atoms. The highest BCUT2D eigenvalue weighted by Gasteiger charge is 2.38. The fraction of sp³-hybridized carbons (Fsp3) is 0.243. The van der Waals surface area contributed by atoms with Crippen molar-refractivity contribution in [2.75, 3.05) is 61.1 Å². The maximum absolute atomic E-state index is 14.1. The second-order valence-corrected chi connectivity index (χ2v) is 13.3. The third-order valence-electron chi connectivity index (χ3n) is 9.04. The summed E-state index contributed by atoms with van der Waals surface area (Å²) in [5.41, 5.74) is 10.4. The van der Waals surface area contributed by atoms with Crippen molar-refractivity contribution in [3.05, 3.63) is 95.7 Å². The van der Waals surface area contributed by atoms with Gasteiger partial charge in [0, 0.05) is 83.3 Å². The summed E-state index contributed by atoms with van der Waals surface area (Å²) in [6.45, 7) is 3.24. The number of nitrogen functional groups attached to an aromatic ring is 1. The van der Waals surface area contributed by atoms with E-state index in [4.69, 9.17) is 20.4 Å². The van der Waals surface area contributed by atoms with Gasteiger partial charge in [-0.1, -0.05) is 40.2 Å². The molecule has 16 heteroatoms. The minimum Gasteiger partial charge on any atom is -0.475 e. The van der Waals surface area contributed by atoms with Gasteiger partial charge in [-0.25, -0.2) is 9.59 Å². The van der Waals surface area contributed by atoms with Crippen molar-refractivity contribution in [1.29, 1.82) is 0 Å². The van der Waals surface area contributed by atoms with Crippen LogP contribution in [-0.4, -0.2) is 95.0 Å². The average molecular weight is 796 g/mol. The number of halogens is 4. The number of aromatic nitrogens is 1. The molecule has 12 nitrogen and oxygen atoms in total. The van der Waals surface area contributed by atoms with Crippen molar-refractivity contribution in [1.82, 2.24) is 14.8 Å². The molecule has 0 unspecified atom stereocenters. The van der Waals surface area contributed by atoms with E-state index in [1.165, 1.54) is 0 Å². The van der Waals surface area contributed by atoms with Crippen LogP contribution in [0, 0.1) is 0 Å². The van der Waals surface area contributed by atoms with Gasteiger partial charge < -0.3 is 40.6 Å². The van der Waals surface area contributed by atoms with Crippen LogP contribution in [0.1, 0.15) is 32.3 Å². The molecule has 7 rings (SSSR count). The van der Waals surface area contributed by atoms with E-state index < -0.39 is 12.1 Å². The van der Waals surface area contributed by atoms with Crippen molar-refractivity contribution in [3.63, 3.8) is 0 Å². The molecule has 0 aliphatic carbocycles. The first-order chi connectivity index (χ1) is 25.2. The molecular weight excluding hydrogens is 761 g/mol. The van der Waals surface area contributed by atoms with Crippen LogP contribution in [0.25, 0.3) is 21.7 Å². The SMILES string of the molecule is CN1CCN(C(=O)Oc2cc3c(c4ccccc24)[C@H](CBr)CN3C(=O)c2cc3cc(NC(=O)c4ccc(N)cc4)ccc3[nH]2)CC1.O=C(O)C(F)(F)F. The number of hydrogen-bond acceptors (Lipinski definition) is 7. The van der Waals surface area contributed by atoms with E-state index in [1.54, 1.807) is 46.2 Å². The van der Waals surface area contributed by atoms with Gasteiger partial charge in [0.05, 0.1) is 5.69 Å². The maximum Gasteiger partial charge on any atom is 0.490 e. The van der Waals surface area contributed by atoms with Gasteiger partial charge >= 0.3 is 18.2 Å². The summed E-state index contributed by atoms with van der Waals surface area (Å²) >= 11 is 3.67. The molecule has 5 aromatic rings. The number of anilines is 3. The molecule has 4 aromatic carbocycles. The Labute approximate surface area is 309 Å². The lowest BCUT2D eigenvalue weighted by atomic mass is 9.95. The van der Waals surface area contributed by atoms with Crippen molar-refractivity contribution >= 4 is 78.5 Å². The monoisotopic (exact) mass is 794 g/mol. The van der Waals surface area contributed by atoms with Gasteiger partial charge in [0.15, 0.2) is 0 Å². The second-order valence-electron chi connectivity index (χ2n) is 12.6. The molecule has 53 heavy (non-hydrogen) atoms. The summed E-state index contributed by atoms with van der Waals surface area (Å²) < 4.78 is 37.8. The normalized spacial score (nSPS) is 15.8. The highest BCUT2D eigenvalue weighted by Crippen LogP contribution is 2.46. The number of amides is 3. The van der Waals surface area contributed by atoms with Crippen molar-refractivity contribution in [2.24, 2.45) is 0 Å². The minimum atomic E-state index is -5.08. The number of benzene rings is 4. The first-order valence-electron chi connectivity index (χ1n) is 16.4. The van der Waals surface area contributed by atoms with Crippen LogP contribution >= 0.6 is 15.9 Å². The van der Waals surface area contributed by atoms with E-state index in [0.29, 0.717) is 53.3 Å². The molecule has 0 radical (unpaired) electrons. The third kappa shape index (κ3) is 8.08. The van der Waals surface area contributed by atoms with Crippen LogP contribution in [-0.2, 0) is 4.79 Å². The summed E-state index contributed by atoms with van der Waals surface area (Å²) in [5, 5.41) is 13.3. The van der Waals surface area contributed by atoms with Crippen LogP contribution in [0.5, 0.6) is 5.75 Å². The van der Waals surface area contributed by atoms with Gasteiger partial charge in [0.2, 0.25) is 0 Å². The number of rotatable bonds is 5. The molecule has 1 fully saturated rings. The van der Waals surface area contributed by atoms with Gasteiger partial charge in [-0.3, -0.25) is 9.59 Å². The van der Waals surface area contributed by atoms with Crippen molar-refractivity contribution in [2.45, 2.75) is 12.1 Å². The van der Waals surface area contributed by atoms with E-state index in [2.05, 4.69) is 31.1 Å². The molecule has 2 aliphatic rings. The summed E-state index contributed by atoms with van der Waals surface area (Å²) in [5.74, 6) is -2.72. The predicted octanol–water partition coefficient (Wildman–Crippen LogP) is 6.67. The smallest absolute Gasteiger partial charge is 0.475 e. The van der Waals surface area contributed by atoms with Crippen LogP contribution in [0.2, 0.25) is 0 Å². The van der Waals surface area contributed by atoms with Gasteiger partial charge in [-0.2, -0.15) is 13.2 Å². The van der Waals surface area contributed by atoms with Gasteiger partial charge in [-0.05, 0) is 66.5 Å². The maximum atomic E-state index is 14.1. The fourth-order valence-electron chi connectivity index (χ4n) is 6.27. The second kappa shape index (κ2) is 15.2. The Morgan fingerprint density at radius 1 is 0.962 bits per heavy atom. The zero-order valence-electron chi connectivity index (χ0n) is 28.2. The molecule has 0 saturated carbocycles. The Hall–Kier alpha value is -5.61. The van der Waals surface area contributed by atoms with Gasteiger partial charge in [-0.15, -0.1) is 0 Å². The molecule has 1 aromatic heterocycles. The molecule has 3 amide bonds. The number of hydrogen-bond donors (Lipinski definition) is 4. The standard InChI is InChI=1S/C35H33BrN6O4.C2HF3O2/c1-40-12-14-41(15-13-40)35(45)46-31-18-30-32(27-5-3-2-4-26(27)31)23(19-36)20-42(30)34(44)29-17-22-16-25(10-11-28(22)39-29)38-33(43)21-6-8-24(37)9-7-21;3-2(4,5)1(6)7/h2-11,16-18,23,39H,12-15,19-20,37H2,1H3,(H,38,43);(H,6,7)/t23-;/m1./s1. The molecule has 1 atom stereocenters. The molecule has 276 valence electrons. The predicted molar refractivity (Wildman–Crippen MR) is 198 cm³/mol. The number of aromatic amines is 1. The number of nitrogens with two attached hydrogens (primary N) is 1. The molecule has 2 aliphatic heterocycles. The molecule has 3 heterocycles. The van der Waals surface area contributed by atoms with Crippen molar-refractivity contribution < 1.29 is 42.2 Å². The summed E-state index contributed by atoms with van der Waals surface area (Å²) in [6.07, 6.45) is -5.47. The number of ether oxygens (including phenoxy) is 1. The minimum absolute atomic E-state index is 0.0470. The van der Waals surface area contributed by atoms with E-state index in [9.17, 15) is 27.6 Å². The lowest BCUT2D eigenvalue weighted by Crippen LogP contribution is -2.48. The van der Waals surface area contributed by atoms with Crippen molar-refractivity contribution in [3.8, 4) is 5.75 Å². The lowest BCUT2D eigenvalue weighted by molar-refractivity contribution is -0.192. The number of nitrogens with one attached hydrogen (secondary N) is 2. The van der Waals surface area contributed by atoms with Gasteiger partial charge in [0.1, 0.15) is 11.4 Å². The fourth-order valence-corrected chi connectivity index (χ4v) is 6.80. The first kappa shape index (κ1) is 37.2. The highest BCUT2D eigenvalue weighted by molar-refractivity contribution is 9.09. The lowest BCUT2D eigenvalue weighted by Gasteiger charge is -2.31. The number of carbonyl (C=O) groups excluding carboxylic acids is 3. The Kier molecular flexibility index (Phi) is 10.6. The average Bonchev–Trinajstić information content (AvgIpc) is 3.73. The Morgan fingerprint density at radius 3 is 2.26 bits per heavy atom. The number of aliphatic carboxylic acids is 1. The Bertz CT molecular complexity index is 2200. The number of H-pyrrole nitrogens is 1. The third-order valence-corrected chi connectivity index (χ3v) is 9.82. The van der Waals surface area contributed by atoms with Crippen LogP contribution in [0.3, 0.4) is 0 Å². The van der Waals surface area contributed by atoms with E-state index in [1.807, 2.05) is 49.5 Å². The largest absolute Gasteiger partial charge is 0.490 e. The summed E-state index contributed by atoms with van der Waals surface area (Å²) in [4.78, 5) is 57.9. The Morgan fingerprint density at radius 2 is 1.62 bits per heavy atom. The number of piperazine rings is 1. The molecular formula is C37H34BrF3N6O6. The number of nitrogens with zero attached hydrogens (tertiary/aromatic N) is 3. The van der Waals surface area contributed by atoms with E-state index in [0.717, 1.165) is 46.0 Å². The van der Waals surface area contributed by atoms with Crippen LogP contribution in [0.15, 0.2) is 78.9 Å². The zero-order valence-corrected chi connectivity index (χ0v) is 29.8. The number of alkyl halides is 4. The quantitative estimate of drug-likeness (QED) is 0.113. The number of carboxylic acids is 1. The number of likely N-dealkylation sites (N-methyl/N-ethyl adjacent to an activating group) is 1. The number of fused-ring (bicyclic) bond motifs is 4. The molecule has 0 spiro atoms. The Balaban J connectivity index is 0.000000626.